The molecule has 1 aliphatic rings. The molecule has 0 aliphatic carbocycles. The maximum Gasteiger partial charge on any atom is 0.325 e. The molecule has 4 amide bonds. The highest BCUT2D eigenvalue weighted by atomic mass is 35.5. The maximum absolute atomic E-state index is 12.2. The van der Waals surface area contributed by atoms with Crippen molar-refractivity contribution in [2.24, 2.45) is 0 Å². The lowest BCUT2D eigenvalue weighted by Gasteiger charge is -2.20. The number of hydrogen-bond donors (Lipinski definition) is 2. The molecule has 1 aliphatic heterocycles. The summed E-state index contributed by atoms with van der Waals surface area (Å²) in [5.41, 5.74) is -0.272. The van der Waals surface area contributed by atoms with Crippen molar-refractivity contribution in [3.8, 4) is 0 Å². The summed E-state index contributed by atoms with van der Waals surface area (Å²) in [6.45, 7) is 1.55. The summed E-state index contributed by atoms with van der Waals surface area (Å²) < 4.78 is 4.94. The minimum absolute atomic E-state index is 0.0421. The average molecular weight is 340 g/mol. The van der Waals surface area contributed by atoms with Crippen LogP contribution in [-0.4, -0.2) is 48.5 Å². The molecule has 0 bridgehead atoms. The highest BCUT2D eigenvalue weighted by Gasteiger charge is 2.48. The zero-order chi connectivity index (χ0) is 17.0. The molecule has 0 spiro atoms. The number of methoxy groups -OCH3 is 1. The largest absolute Gasteiger partial charge is 0.382 e. The number of benzene rings is 1. The van der Waals surface area contributed by atoms with E-state index in [0.29, 0.717) is 5.02 Å². The van der Waals surface area contributed by atoms with Gasteiger partial charge in [0.2, 0.25) is 5.91 Å². The normalized spacial score (nSPS) is 20.6. The van der Waals surface area contributed by atoms with Crippen LogP contribution in [0.25, 0.3) is 0 Å². The number of nitrogens with one attached hydrogen (secondary N) is 2. The lowest BCUT2D eigenvalue weighted by atomic mass is 10.0. The molecule has 0 aromatic heterocycles. The van der Waals surface area contributed by atoms with Gasteiger partial charge in [-0.15, -0.1) is 0 Å². The molecule has 124 valence electrons. The van der Waals surface area contributed by atoms with Crippen molar-refractivity contribution in [2.45, 2.75) is 19.0 Å². The molecule has 23 heavy (non-hydrogen) atoms. The van der Waals surface area contributed by atoms with Crippen molar-refractivity contribution in [1.82, 2.24) is 15.5 Å². The molecule has 0 radical (unpaired) electrons. The quantitative estimate of drug-likeness (QED) is 0.754. The highest BCUT2D eigenvalue weighted by Crippen LogP contribution is 2.17. The third-order valence-electron chi connectivity index (χ3n) is 3.48. The van der Waals surface area contributed by atoms with Gasteiger partial charge in [0.15, 0.2) is 0 Å². The summed E-state index contributed by atoms with van der Waals surface area (Å²) in [5, 5.41) is 5.80. The summed E-state index contributed by atoms with van der Waals surface area (Å²) in [7, 11) is 1.44. The number of ether oxygens (including phenoxy) is 1. The Labute approximate surface area is 138 Å². The van der Waals surface area contributed by atoms with E-state index >= 15 is 0 Å². The molecule has 0 unspecified atom stereocenters. The van der Waals surface area contributed by atoms with Crippen LogP contribution in [0.3, 0.4) is 0 Å². The van der Waals surface area contributed by atoms with Crippen molar-refractivity contribution in [3.63, 3.8) is 0 Å². The molecule has 8 heteroatoms. The van der Waals surface area contributed by atoms with Gasteiger partial charge in [0.05, 0.1) is 6.61 Å². The molecule has 1 fully saturated rings. The summed E-state index contributed by atoms with van der Waals surface area (Å²) >= 11 is 5.79. The Kier molecular flexibility index (Phi) is 5.23. The van der Waals surface area contributed by atoms with E-state index in [1.807, 2.05) is 0 Å². The maximum atomic E-state index is 12.2. The van der Waals surface area contributed by atoms with Crippen LogP contribution < -0.4 is 10.6 Å². The van der Waals surface area contributed by atoms with Crippen LogP contribution in [0.15, 0.2) is 24.3 Å². The smallest absolute Gasteiger partial charge is 0.325 e. The summed E-state index contributed by atoms with van der Waals surface area (Å²) in [6, 6.07) is 6.40. The van der Waals surface area contributed by atoms with Gasteiger partial charge >= 0.3 is 6.03 Å². The molecular formula is C15H18ClN3O4. The summed E-state index contributed by atoms with van der Waals surface area (Å²) in [4.78, 5) is 37.0. The first-order valence-electron chi connectivity index (χ1n) is 7.00. The minimum Gasteiger partial charge on any atom is -0.382 e. The van der Waals surface area contributed by atoms with E-state index in [4.69, 9.17) is 16.3 Å². The zero-order valence-corrected chi connectivity index (χ0v) is 13.6. The monoisotopic (exact) mass is 339 g/mol. The van der Waals surface area contributed by atoms with Gasteiger partial charge in [-0.05, 0) is 24.6 Å². The second-order valence-electron chi connectivity index (χ2n) is 5.49. The molecule has 1 aromatic carbocycles. The van der Waals surface area contributed by atoms with Gasteiger partial charge in [0.1, 0.15) is 12.1 Å². The number of hydrogen-bond acceptors (Lipinski definition) is 4. The molecule has 2 rings (SSSR count). The third-order valence-corrected chi connectivity index (χ3v) is 3.73. The van der Waals surface area contributed by atoms with Gasteiger partial charge in [-0.25, -0.2) is 4.79 Å². The van der Waals surface area contributed by atoms with Crippen LogP contribution in [0, 0.1) is 0 Å². The Hall–Kier alpha value is -2.12. The van der Waals surface area contributed by atoms with Crippen LogP contribution >= 0.6 is 11.6 Å². The number of urea groups is 1. The van der Waals surface area contributed by atoms with E-state index in [1.165, 1.54) is 7.11 Å². The van der Waals surface area contributed by atoms with E-state index in [2.05, 4.69) is 10.6 Å². The fourth-order valence-electron chi connectivity index (χ4n) is 2.28. The van der Waals surface area contributed by atoms with Crippen LogP contribution in [-0.2, 0) is 20.9 Å². The lowest BCUT2D eigenvalue weighted by molar-refractivity contribution is -0.135. The van der Waals surface area contributed by atoms with Gasteiger partial charge in [-0.3, -0.25) is 14.5 Å². The standard InChI is InChI=1S/C15H18ClN3O4/c1-15(9-23-2)13(21)19(14(22)18-15)8-12(20)17-7-10-3-5-11(16)6-4-10/h3-6H,7-9H2,1-2H3,(H,17,20)(H,18,22)/t15-/m1/s1. The van der Waals surface area contributed by atoms with E-state index in [0.717, 1.165) is 10.5 Å². The first-order valence-corrected chi connectivity index (χ1v) is 7.38. The molecule has 1 saturated heterocycles. The zero-order valence-electron chi connectivity index (χ0n) is 12.9. The number of carbonyl (C=O) groups excluding carboxylic acids is 3. The van der Waals surface area contributed by atoms with Crippen molar-refractivity contribution >= 4 is 29.4 Å². The summed E-state index contributed by atoms with van der Waals surface area (Å²) in [5.74, 6) is -0.906. The fourth-order valence-corrected chi connectivity index (χ4v) is 2.41. The van der Waals surface area contributed by atoms with E-state index in [9.17, 15) is 14.4 Å². The van der Waals surface area contributed by atoms with Gasteiger partial charge in [-0.2, -0.15) is 0 Å². The Morgan fingerprint density at radius 2 is 2.00 bits per heavy atom. The molecule has 2 N–H and O–H groups in total. The highest BCUT2D eigenvalue weighted by molar-refractivity contribution is 6.30. The van der Waals surface area contributed by atoms with E-state index < -0.39 is 23.4 Å². The molecule has 1 atom stereocenters. The number of nitrogens with zero attached hydrogens (tertiary/aromatic N) is 1. The fraction of sp³-hybridized carbons (Fsp3) is 0.400. The predicted octanol–water partition coefficient (Wildman–Crippen LogP) is 0.913. The number of imide groups is 1. The Morgan fingerprint density at radius 1 is 1.35 bits per heavy atom. The van der Waals surface area contributed by atoms with Gasteiger partial charge in [0, 0.05) is 18.7 Å². The van der Waals surface area contributed by atoms with Crippen molar-refractivity contribution in [1.29, 1.82) is 0 Å². The number of amides is 4. The molecule has 1 heterocycles. The van der Waals surface area contributed by atoms with Crippen LogP contribution in [0.4, 0.5) is 4.79 Å². The Balaban J connectivity index is 1.91. The first kappa shape index (κ1) is 17.2. The number of carbonyl (C=O) groups is 3. The first-order chi connectivity index (χ1) is 10.9. The third kappa shape index (κ3) is 4.00. The summed E-state index contributed by atoms with van der Waals surface area (Å²) in [6.07, 6.45) is 0. The topological polar surface area (TPSA) is 87.7 Å². The SMILES string of the molecule is COC[C@@]1(C)NC(=O)N(CC(=O)NCc2ccc(Cl)cc2)C1=O. The molecule has 7 nitrogen and oxygen atoms in total. The Morgan fingerprint density at radius 3 is 2.61 bits per heavy atom. The van der Waals surface area contributed by atoms with Gasteiger partial charge in [0.25, 0.3) is 5.91 Å². The van der Waals surface area contributed by atoms with Crippen molar-refractivity contribution in [2.75, 3.05) is 20.3 Å². The second-order valence-corrected chi connectivity index (χ2v) is 5.93. The van der Waals surface area contributed by atoms with Gasteiger partial charge < -0.3 is 15.4 Å². The molecule has 1 aromatic rings. The van der Waals surface area contributed by atoms with E-state index in [1.54, 1.807) is 31.2 Å². The average Bonchev–Trinajstić information content (AvgIpc) is 2.70. The van der Waals surface area contributed by atoms with Crippen molar-refractivity contribution in [3.05, 3.63) is 34.9 Å². The van der Waals surface area contributed by atoms with Crippen molar-refractivity contribution < 1.29 is 19.1 Å². The van der Waals surface area contributed by atoms with E-state index in [-0.39, 0.29) is 19.7 Å². The lowest BCUT2D eigenvalue weighted by Crippen LogP contribution is -2.48. The molecule has 0 saturated carbocycles. The van der Waals surface area contributed by atoms with Crippen LogP contribution in [0.5, 0.6) is 0 Å². The number of halogens is 1. The Bertz CT molecular complexity index is 620. The second kappa shape index (κ2) is 6.97. The molecular weight excluding hydrogens is 322 g/mol. The van der Waals surface area contributed by atoms with Crippen LogP contribution in [0.2, 0.25) is 5.02 Å². The minimum atomic E-state index is -1.14. The predicted molar refractivity (Wildman–Crippen MR) is 83.8 cm³/mol. The number of rotatable bonds is 6. The van der Waals surface area contributed by atoms with Crippen LogP contribution in [0.1, 0.15) is 12.5 Å². The van der Waals surface area contributed by atoms with Gasteiger partial charge in [-0.1, -0.05) is 23.7 Å².